The van der Waals surface area contributed by atoms with Crippen molar-refractivity contribution in [2.24, 2.45) is 0 Å². The maximum Gasteiger partial charge on any atom is 0.310 e. The third kappa shape index (κ3) is 6.57. The van der Waals surface area contributed by atoms with Crippen LogP contribution in [0.1, 0.15) is 12.8 Å². The summed E-state index contributed by atoms with van der Waals surface area (Å²) in [5, 5.41) is 0.904. The number of hydrogen-bond acceptors (Lipinski definition) is 3. The molecule has 1 aromatic rings. The third-order valence-electron chi connectivity index (χ3n) is 2.05. The molecule has 0 aromatic heterocycles. The average Bonchev–Trinajstić information content (AvgIpc) is 2.32. The molecular formula is C12H12Cl4O3. The highest BCUT2D eigenvalue weighted by Crippen LogP contribution is 2.27. The molecular weight excluding hydrogens is 334 g/mol. The number of carbonyl (C=O) groups is 1. The van der Waals surface area contributed by atoms with Crippen molar-refractivity contribution in [3.63, 3.8) is 0 Å². The fraction of sp³-hybridized carbons (Fsp3) is 0.417. The van der Waals surface area contributed by atoms with Gasteiger partial charge in [0.1, 0.15) is 5.75 Å². The first-order chi connectivity index (χ1) is 9.02. The number of rotatable bonds is 7. The number of hydrogen-bond donors (Lipinski definition) is 0. The molecule has 0 radical (unpaired) electrons. The van der Waals surface area contributed by atoms with Gasteiger partial charge in [-0.05, 0) is 18.2 Å². The highest BCUT2D eigenvalue weighted by atomic mass is 35.5. The van der Waals surface area contributed by atoms with Crippen LogP contribution in [-0.4, -0.2) is 24.0 Å². The van der Waals surface area contributed by atoms with Crippen molar-refractivity contribution in [2.45, 2.75) is 18.4 Å². The van der Waals surface area contributed by atoms with Crippen LogP contribution < -0.4 is 4.74 Å². The van der Waals surface area contributed by atoms with Crippen molar-refractivity contribution < 1.29 is 14.3 Å². The van der Waals surface area contributed by atoms with Gasteiger partial charge in [-0.3, -0.25) is 4.79 Å². The lowest BCUT2D eigenvalue weighted by Crippen LogP contribution is -2.15. The highest BCUT2D eigenvalue weighted by Gasteiger charge is 2.11. The predicted molar refractivity (Wildman–Crippen MR) is 77.6 cm³/mol. The zero-order valence-corrected chi connectivity index (χ0v) is 12.9. The summed E-state index contributed by atoms with van der Waals surface area (Å²) in [6.07, 6.45) is 0.475. The van der Waals surface area contributed by atoms with Gasteiger partial charge in [0.15, 0.2) is 5.56 Å². The predicted octanol–water partition coefficient (Wildman–Crippen LogP) is 4.50. The topological polar surface area (TPSA) is 35.5 Å². The van der Waals surface area contributed by atoms with Crippen LogP contribution in [0.25, 0.3) is 0 Å². The number of carbonyl (C=O) groups excluding carboxylic acids is 1. The minimum absolute atomic E-state index is 0.0739. The Balaban J connectivity index is 2.31. The van der Waals surface area contributed by atoms with Crippen LogP contribution in [0.2, 0.25) is 10.0 Å². The molecule has 0 N–H and O–H groups in total. The van der Waals surface area contributed by atoms with Crippen LogP contribution in [0.3, 0.4) is 0 Å². The van der Waals surface area contributed by atoms with E-state index < -0.39 is 11.5 Å². The Morgan fingerprint density at radius 1 is 1.32 bits per heavy atom. The Labute approximate surface area is 131 Å². The number of ether oxygens (including phenoxy) is 2. The fourth-order valence-corrected chi connectivity index (χ4v) is 2.16. The van der Waals surface area contributed by atoms with Crippen molar-refractivity contribution in [1.82, 2.24) is 0 Å². The first-order valence-electron chi connectivity index (χ1n) is 5.50. The van der Waals surface area contributed by atoms with Gasteiger partial charge >= 0.3 is 5.97 Å². The van der Waals surface area contributed by atoms with Gasteiger partial charge in [0.25, 0.3) is 0 Å². The van der Waals surface area contributed by atoms with E-state index in [1.54, 1.807) is 18.2 Å². The van der Waals surface area contributed by atoms with Crippen LogP contribution in [0.4, 0.5) is 0 Å². The van der Waals surface area contributed by atoms with E-state index >= 15 is 0 Å². The van der Waals surface area contributed by atoms with E-state index in [1.165, 1.54) is 0 Å². The van der Waals surface area contributed by atoms with Crippen LogP contribution >= 0.6 is 46.4 Å². The lowest BCUT2D eigenvalue weighted by molar-refractivity contribution is -0.146. The molecule has 0 saturated carbocycles. The Kier molecular flexibility index (Phi) is 7.69. The van der Waals surface area contributed by atoms with Gasteiger partial charge in [-0.25, -0.2) is 0 Å². The minimum Gasteiger partial charge on any atom is -0.491 e. The van der Waals surface area contributed by atoms with Gasteiger partial charge in [0, 0.05) is 17.3 Å². The number of esters is 1. The van der Waals surface area contributed by atoms with Gasteiger partial charge in [-0.15, -0.1) is 11.6 Å². The van der Waals surface area contributed by atoms with E-state index in [2.05, 4.69) is 0 Å². The zero-order valence-electron chi connectivity index (χ0n) is 9.87. The molecule has 0 aliphatic rings. The molecule has 0 fully saturated rings. The van der Waals surface area contributed by atoms with Crippen LogP contribution in [0.5, 0.6) is 5.75 Å². The summed E-state index contributed by atoms with van der Waals surface area (Å²) in [4.78, 5) is 11.4. The van der Waals surface area contributed by atoms with Gasteiger partial charge in [-0.1, -0.05) is 34.8 Å². The Morgan fingerprint density at radius 3 is 2.68 bits per heavy atom. The minimum atomic E-state index is -0.705. The fourth-order valence-electron chi connectivity index (χ4n) is 1.18. The van der Waals surface area contributed by atoms with E-state index in [0.717, 1.165) is 0 Å². The third-order valence-corrected chi connectivity index (χ3v) is 3.11. The first-order valence-corrected chi connectivity index (χ1v) is 7.23. The lowest BCUT2D eigenvalue weighted by Gasteiger charge is -2.11. The van der Waals surface area contributed by atoms with Gasteiger partial charge < -0.3 is 9.47 Å². The Bertz CT molecular complexity index is 425. The van der Waals surface area contributed by atoms with Gasteiger partial charge in [0.05, 0.1) is 18.1 Å². The lowest BCUT2D eigenvalue weighted by atomic mass is 10.3. The van der Waals surface area contributed by atoms with Gasteiger partial charge in [0.2, 0.25) is 0 Å². The summed E-state index contributed by atoms with van der Waals surface area (Å²) in [5.74, 6) is 0.343. The Morgan fingerprint density at radius 2 is 2.05 bits per heavy atom. The molecule has 0 bridgehead atoms. The average molecular weight is 346 g/mol. The standard InChI is InChI=1S/C12H12Cl4O3/c13-5-3-11(16)19-12(17)4-6-18-10-2-1-8(14)7-9(10)15/h1-2,7,11H,3-6H2. The van der Waals surface area contributed by atoms with E-state index in [1.807, 2.05) is 0 Å². The van der Waals surface area contributed by atoms with E-state index in [-0.39, 0.29) is 13.0 Å². The second-order valence-corrected chi connectivity index (χ2v) is 5.26. The molecule has 106 valence electrons. The smallest absolute Gasteiger partial charge is 0.310 e. The largest absolute Gasteiger partial charge is 0.491 e. The summed E-state index contributed by atoms with van der Waals surface area (Å²) in [7, 11) is 0. The number of halogens is 4. The second-order valence-electron chi connectivity index (χ2n) is 3.55. The molecule has 0 heterocycles. The summed E-state index contributed by atoms with van der Waals surface area (Å²) in [5.41, 5.74) is -0.705. The summed E-state index contributed by atoms with van der Waals surface area (Å²) >= 11 is 22.8. The van der Waals surface area contributed by atoms with Gasteiger partial charge in [-0.2, -0.15) is 0 Å². The molecule has 1 unspecified atom stereocenters. The van der Waals surface area contributed by atoms with Crippen molar-refractivity contribution in [1.29, 1.82) is 0 Å². The van der Waals surface area contributed by atoms with E-state index in [0.29, 0.717) is 28.1 Å². The summed E-state index contributed by atoms with van der Waals surface area (Å²) < 4.78 is 10.2. The summed E-state index contributed by atoms with van der Waals surface area (Å²) in [6.45, 7) is 0.144. The molecule has 0 aliphatic carbocycles. The van der Waals surface area contributed by atoms with Crippen LogP contribution in [-0.2, 0) is 9.53 Å². The molecule has 19 heavy (non-hydrogen) atoms. The summed E-state index contributed by atoms with van der Waals surface area (Å²) in [6, 6.07) is 4.84. The van der Waals surface area contributed by atoms with Crippen molar-refractivity contribution in [3.05, 3.63) is 28.2 Å². The quantitative estimate of drug-likeness (QED) is 0.539. The maximum absolute atomic E-state index is 11.4. The monoisotopic (exact) mass is 344 g/mol. The molecule has 0 amide bonds. The number of benzene rings is 1. The molecule has 3 nitrogen and oxygen atoms in total. The van der Waals surface area contributed by atoms with Crippen LogP contribution in [0.15, 0.2) is 18.2 Å². The van der Waals surface area contributed by atoms with Crippen LogP contribution in [0, 0.1) is 0 Å². The zero-order chi connectivity index (χ0) is 14.3. The second kappa shape index (κ2) is 8.75. The first kappa shape index (κ1) is 16.7. The molecule has 0 saturated heterocycles. The normalized spacial score (nSPS) is 12.0. The molecule has 0 aliphatic heterocycles. The molecule has 7 heteroatoms. The van der Waals surface area contributed by atoms with Crippen molar-refractivity contribution in [2.75, 3.05) is 12.5 Å². The Hall–Kier alpha value is -0.350. The van der Waals surface area contributed by atoms with Crippen molar-refractivity contribution >= 4 is 52.4 Å². The molecule has 1 aromatic carbocycles. The van der Waals surface area contributed by atoms with E-state index in [4.69, 9.17) is 55.9 Å². The molecule has 1 rings (SSSR count). The molecule has 1 atom stereocenters. The maximum atomic E-state index is 11.4. The number of alkyl halides is 2. The highest BCUT2D eigenvalue weighted by molar-refractivity contribution is 6.35. The molecule has 0 spiro atoms. The van der Waals surface area contributed by atoms with E-state index in [9.17, 15) is 4.79 Å². The van der Waals surface area contributed by atoms with Crippen molar-refractivity contribution in [3.8, 4) is 5.75 Å². The SMILES string of the molecule is O=C(CCOc1ccc(Cl)cc1Cl)OC(Cl)CCCl.